The van der Waals surface area contributed by atoms with E-state index in [2.05, 4.69) is 6.92 Å². The van der Waals surface area contributed by atoms with Crippen molar-refractivity contribution in [3.05, 3.63) is 23.8 Å². The smallest absolute Gasteiger partial charge is 0.233 e. The zero-order valence-corrected chi connectivity index (χ0v) is 12.2. The van der Waals surface area contributed by atoms with Crippen molar-refractivity contribution < 1.29 is 9.90 Å². The van der Waals surface area contributed by atoms with E-state index in [1.54, 1.807) is 6.07 Å². The molecule has 0 aromatic heterocycles. The number of rotatable bonds is 2. The fourth-order valence-corrected chi connectivity index (χ4v) is 3.89. The summed E-state index contributed by atoms with van der Waals surface area (Å²) in [6.45, 7) is 2.87. The Hall–Kier alpha value is -1.51. The molecular formula is C17H23NO2. The first-order valence-corrected chi connectivity index (χ1v) is 7.81. The number of aromatic hydroxyl groups is 1. The zero-order valence-electron chi connectivity index (χ0n) is 12.2. The number of benzene rings is 1. The molecule has 3 rings (SSSR count). The van der Waals surface area contributed by atoms with Crippen LogP contribution in [0.4, 0.5) is 5.69 Å². The van der Waals surface area contributed by atoms with Gasteiger partial charge in [-0.3, -0.25) is 4.79 Å². The van der Waals surface area contributed by atoms with E-state index >= 15 is 0 Å². The van der Waals surface area contributed by atoms with Gasteiger partial charge in [-0.05, 0) is 43.7 Å². The van der Waals surface area contributed by atoms with E-state index in [4.69, 9.17) is 0 Å². The molecule has 0 saturated heterocycles. The molecule has 1 N–H and O–H groups in total. The van der Waals surface area contributed by atoms with Crippen LogP contribution < -0.4 is 4.90 Å². The van der Waals surface area contributed by atoms with E-state index < -0.39 is 0 Å². The topological polar surface area (TPSA) is 40.5 Å². The lowest BCUT2D eigenvalue weighted by molar-refractivity contribution is -0.128. The normalized spacial score (nSPS) is 20.8. The summed E-state index contributed by atoms with van der Waals surface area (Å²) in [4.78, 5) is 14.9. The van der Waals surface area contributed by atoms with Crippen molar-refractivity contribution in [1.82, 2.24) is 0 Å². The van der Waals surface area contributed by atoms with Crippen molar-refractivity contribution in [2.75, 3.05) is 11.4 Å². The molecule has 1 aromatic rings. The number of aryl methyl sites for hydroxylation is 1. The first-order valence-electron chi connectivity index (χ1n) is 7.81. The maximum Gasteiger partial charge on any atom is 0.233 e. The van der Waals surface area contributed by atoms with Gasteiger partial charge in [0.25, 0.3) is 0 Å². The molecule has 0 atom stereocenters. The standard InChI is InChI=1S/C17H23NO2/c1-2-17(10-3-4-11-17)16(20)18-12-6-8-13-7-5-9-14(19)15(13)18/h5,7,9,19H,2-4,6,8,10-12H2,1H3. The van der Waals surface area contributed by atoms with E-state index in [-0.39, 0.29) is 17.1 Å². The van der Waals surface area contributed by atoms with Gasteiger partial charge in [0.05, 0.1) is 5.69 Å². The lowest BCUT2D eigenvalue weighted by atomic mass is 9.81. The van der Waals surface area contributed by atoms with Crippen LogP contribution in [0.3, 0.4) is 0 Å². The van der Waals surface area contributed by atoms with Gasteiger partial charge in [-0.1, -0.05) is 31.9 Å². The van der Waals surface area contributed by atoms with E-state index in [9.17, 15) is 9.90 Å². The number of amides is 1. The predicted octanol–water partition coefficient (Wildman–Crippen LogP) is 3.64. The molecule has 3 heteroatoms. The van der Waals surface area contributed by atoms with Gasteiger partial charge in [-0.2, -0.15) is 0 Å². The van der Waals surface area contributed by atoms with Gasteiger partial charge in [0.1, 0.15) is 5.75 Å². The Kier molecular flexibility index (Phi) is 3.45. The highest BCUT2D eigenvalue weighted by molar-refractivity contribution is 6.00. The molecule has 1 saturated carbocycles. The Labute approximate surface area is 120 Å². The van der Waals surface area contributed by atoms with E-state index in [0.29, 0.717) is 0 Å². The largest absolute Gasteiger partial charge is 0.506 e. The molecule has 108 valence electrons. The Morgan fingerprint density at radius 1 is 1.30 bits per heavy atom. The molecule has 1 heterocycles. The van der Waals surface area contributed by atoms with Crippen molar-refractivity contribution >= 4 is 11.6 Å². The third kappa shape index (κ3) is 2.00. The van der Waals surface area contributed by atoms with Crippen molar-refractivity contribution in [3.63, 3.8) is 0 Å². The fourth-order valence-electron chi connectivity index (χ4n) is 3.89. The van der Waals surface area contributed by atoms with Crippen LogP contribution in [0.25, 0.3) is 0 Å². The third-order valence-electron chi connectivity index (χ3n) is 5.13. The second kappa shape index (κ2) is 5.12. The molecule has 1 fully saturated rings. The second-order valence-corrected chi connectivity index (χ2v) is 6.19. The van der Waals surface area contributed by atoms with E-state index in [1.807, 2.05) is 17.0 Å². The lowest BCUT2D eigenvalue weighted by Crippen LogP contribution is -2.45. The van der Waals surface area contributed by atoms with Crippen LogP contribution >= 0.6 is 0 Å². The minimum absolute atomic E-state index is 0.184. The maximum absolute atomic E-state index is 13.1. The quantitative estimate of drug-likeness (QED) is 0.893. The molecular weight excluding hydrogens is 250 g/mol. The van der Waals surface area contributed by atoms with Crippen molar-refractivity contribution in [3.8, 4) is 5.75 Å². The maximum atomic E-state index is 13.1. The molecule has 0 unspecified atom stereocenters. The summed E-state index contributed by atoms with van der Waals surface area (Å²) in [6.07, 6.45) is 7.16. The SMILES string of the molecule is CCC1(C(=O)N2CCCc3cccc(O)c32)CCCC1. The molecule has 0 spiro atoms. The summed E-state index contributed by atoms with van der Waals surface area (Å²) >= 11 is 0. The number of hydrogen-bond acceptors (Lipinski definition) is 2. The van der Waals surface area contributed by atoms with Gasteiger partial charge < -0.3 is 10.0 Å². The van der Waals surface area contributed by atoms with Gasteiger partial charge in [0.2, 0.25) is 5.91 Å². The minimum Gasteiger partial charge on any atom is -0.506 e. The molecule has 0 bridgehead atoms. The van der Waals surface area contributed by atoms with Crippen LogP contribution in [-0.2, 0) is 11.2 Å². The molecule has 1 aliphatic heterocycles. The molecule has 3 nitrogen and oxygen atoms in total. The minimum atomic E-state index is -0.184. The van der Waals surface area contributed by atoms with Crippen molar-refractivity contribution in [1.29, 1.82) is 0 Å². The highest BCUT2D eigenvalue weighted by atomic mass is 16.3. The van der Waals surface area contributed by atoms with Crippen molar-refractivity contribution in [2.45, 2.75) is 51.9 Å². The lowest BCUT2D eigenvalue weighted by Gasteiger charge is -2.37. The van der Waals surface area contributed by atoms with Gasteiger partial charge in [0.15, 0.2) is 0 Å². The molecule has 0 radical (unpaired) electrons. The number of carbonyl (C=O) groups excluding carboxylic acids is 1. The number of fused-ring (bicyclic) bond motifs is 1. The monoisotopic (exact) mass is 273 g/mol. The summed E-state index contributed by atoms with van der Waals surface area (Å²) in [5.41, 5.74) is 1.69. The van der Waals surface area contributed by atoms with Gasteiger partial charge in [0, 0.05) is 12.0 Å². The Morgan fingerprint density at radius 2 is 2.05 bits per heavy atom. The fraction of sp³-hybridized carbons (Fsp3) is 0.588. The zero-order chi connectivity index (χ0) is 14.2. The molecule has 20 heavy (non-hydrogen) atoms. The van der Waals surface area contributed by atoms with Crippen LogP contribution in [0.2, 0.25) is 0 Å². The van der Waals surface area contributed by atoms with Crippen LogP contribution in [0.5, 0.6) is 5.75 Å². The Morgan fingerprint density at radius 3 is 2.75 bits per heavy atom. The van der Waals surface area contributed by atoms with Gasteiger partial charge >= 0.3 is 0 Å². The first kappa shape index (κ1) is 13.5. The summed E-state index contributed by atoms with van der Waals surface area (Å²) in [5.74, 6) is 0.486. The summed E-state index contributed by atoms with van der Waals surface area (Å²) in [7, 11) is 0. The Balaban J connectivity index is 1.98. The number of anilines is 1. The number of phenols is 1. The number of carbonyl (C=O) groups is 1. The van der Waals surface area contributed by atoms with Crippen LogP contribution in [0.1, 0.15) is 51.0 Å². The van der Waals surface area contributed by atoms with E-state index in [0.717, 1.165) is 62.7 Å². The number of phenolic OH excluding ortho intramolecular Hbond substituents is 1. The number of para-hydroxylation sites is 1. The van der Waals surface area contributed by atoms with E-state index in [1.165, 1.54) is 0 Å². The van der Waals surface area contributed by atoms with Gasteiger partial charge in [-0.25, -0.2) is 0 Å². The Bertz CT molecular complexity index is 518. The average Bonchev–Trinajstić information content (AvgIpc) is 2.96. The highest BCUT2D eigenvalue weighted by Crippen LogP contribution is 2.45. The van der Waals surface area contributed by atoms with Gasteiger partial charge in [-0.15, -0.1) is 0 Å². The summed E-state index contributed by atoms with van der Waals surface area (Å²) < 4.78 is 0. The molecule has 1 amide bonds. The van der Waals surface area contributed by atoms with Crippen LogP contribution in [-0.4, -0.2) is 17.6 Å². The molecule has 1 aliphatic carbocycles. The number of nitrogens with zero attached hydrogens (tertiary/aromatic N) is 1. The molecule has 2 aliphatic rings. The van der Waals surface area contributed by atoms with Crippen LogP contribution in [0.15, 0.2) is 18.2 Å². The average molecular weight is 273 g/mol. The summed E-state index contributed by atoms with van der Waals surface area (Å²) in [6, 6.07) is 5.59. The van der Waals surface area contributed by atoms with Crippen molar-refractivity contribution in [2.24, 2.45) is 5.41 Å². The van der Waals surface area contributed by atoms with Crippen LogP contribution in [0, 0.1) is 5.41 Å². The highest BCUT2D eigenvalue weighted by Gasteiger charge is 2.43. The summed E-state index contributed by atoms with van der Waals surface area (Å²) in [5, 5.41) is 10.2. The first-order chi connectivity index (χ1) is 9.68. The molecule has 1 aromatic carbocycles. The third-order valence-corrected chi connectivity index (χ3v) is 5.13. The predicted molar refractivity (Wildman–Crippen MR) is 80.0 cm³/mol. The second-order valence-electron chi connectivity index (χ2n) is 6.19. The number of hydrogen-bond donors (Lipinski definition) is 1.